The summed E-state index contributed by atoms with van der Waals surface area (Å²) in [6.45, 7) is 0.811. The van der Waals surface area contributed by atoms with Gasteiger partial charge in [-0.2, -0.15) is 4.31 Å². The standard InChI is InChI=1S/C21H21ClN4O6S/c1-31-19-5-3-15(33(29,30)26-6-8-32-9-7-26)11-18(19)24-20(27)12-25-13-23-17-10-14(22)2-4-16(17)21(25)28/h2-5,10-11,13H,6-9,12H2,1H3,(H,24,27). The Kier molecular flexibility index (Phi) is 6.66. The molecular formula is C21H21ClN4O6S. The van der Waals surface area contributed by atoms with Crippen LogP contribution in [0.25, 0.3) is 10.9 Å². The molecule has 1 saturated heterocycles. The van der Waals surface area contributed by atoms with E-state index in [-0.39, 0.29) is 36.0 Å². The normalized spacial score (nSPS) is 14.8. The van der Waals surface area contributed by atoms with Gasteiger partial charge in [-0.3, -0.25) is 14.2 Å². The Morgan fingerprint density at radius 2 is 1.97 bits per heavy atom. The molecule has 1 aliphatic heterocycles. The highest BCUT2D eigenvalue weighted by Crippen LogP contribution is 2.29. The van der Waals surface area contributed by atoms with Crippen molar-refractivity contribution in [2.45, 2.75) is 11.4 Å². The van der Waals surface area contributed by atoms with Crippen LogP contribution in [0.5, 0.6) is 5.75 Å². The van der Waals surface area contributed by atoms with Gasteiger partial charge in [-0.15, -0.1) is 0 Å². The number of methoxy groups -OCH3 is 1. The molecule has 1 amide bonds. The third-order valence-electron chi connectivity index (χ3n) is 5.15. The molecule has 12 heteroatoms. The Morgan fingerprint density at radius 1 is 1.21 bits per heavy atom. The predicted octanol–water partition coefficient (Wildman–Crippen LogP) is 1.72. The average Bonchev–Trinajstić information content (AvgIpc) is 2.81. The van der Waals surface area contributed by atoms with Gasteiger partial charge < -0.3 is 14.8 Å². The number of ether oxygens (including phenoxy) is 2. The second kappa shape index (κ2) is 9.48. The van der Waals surface area contributed by atoms with Crippen molar-refractivity contribution in [1.29, 1.82) is 0 Å². The zero-order chi connectivity index (χ0) is 23.6. The first-order chi connectivity index (χ1) is 15.8. The first-order valence-electron chi connectivity index (χ1n) is 10.00. The number of anilines is 1. The number of rotatable bonds is 6. The van der Waals surface area contributed by atoms with E-state index in [0.29, 0.717) is 29.1 Å². The summed E-state index contributed by atoms with van der Waals surface area (Å²) in [5.41, 5.74) is 0.194. The van der Waals surface area contributed by atoms with Gasteiger partial charge in [0.2, 0.25) is 15.9 Å². The van der Waals surface area contributed by atoms with Crippen molar-refractivity contribution >= 4 is 44.1 Å². The van der Waals surface area contributed by atoms with E-state index in [0.717, 1.165) is 4.57 Å². The topological polar surface area (TPSA) is 120 Å². The van der Waals surface area contributed by atoms with Crippen LogP contribution < -0.4 is 15.6 Å². The van der Waals surface area contributed by atoms with E-state index in [4.69, 9.17) is 21.1 Å². The summed E-state index contributed by atoms with van der Waals surface area (Å²) in [5.74, 6) is -0.269. The first kappa shape index (κ1) is 23.2. The molecule has 2 aromatic carbocycles. The number of morpholine rings is 1. The maximum Gasteiger partial charge on any atom is 0.261 e. The molecule has 0 atom stereocenters. The molecule has 0 aliphatic carbocycles. The molecule has 1 aliphatic rings. The van der Waals surface area contributed by atoms with E-state index in [1.807, 2.05) is 0 Å². The summed E-state index contributed by atoms with van der Waals surface area (Å²) in [6.07, 6.45) is 1.26. The number of aromatic nitrogens is 2. The summed E-state index contributed by atoms with van der Waals surface area (Å²) in [6, 6.07) is 8.91. The molecular weight excluding hydrogens is 472 g/mol. The Morgan fingerprint density at radius 3 is 2.70 bits per heavy atom. The van der Waals surface area contributed by atoms with Gasteiger partial charge in [0.15, 0.2) is 0 Å². The fourth-order valence-corrected chi connectivity index (χ4v) is 5.07. The zero-order valence-electron chi connectivity index (χ0n) is 17.7. The van der Waals surface area contributed by atoms with E-state index >= 15 is 0 Å². The van der Waals surface area contributed by atoms with Crippen LogP contribution in [0.1, 0.15) is 0 Å². The minimum absolute atomic E-state index is 0.0157. The lowest BCUT2D eigenvalue weighted by molar-refractivity contribution is -0.116. The Hall–Kier alpha value is -2.99. The lowest BCUT2D eigenvalue weighted by atomic mass is 10.2. The van der Waals surface area contributed by atoms with Crippen molar-refractivity contribution in [2.75, 3.05) is 38.7 Å². The summed E-state index contributed by atoms with van der Waals surface area (Å²) < 4.78 is 38.9. The molecule has 174 valence electrons. The second-order valence-corrected chi connectivity index (χ2v) is 9.64. The quantitative estimate of drug-likeness (QED) is 0.556. The second-order valence-electron chi connectivity index (χ2n) is 7.27. The molecule has 0 saturated carbocycles. The fourth-order valence-electron chi connectivity index (χ4n) is 3.47. The molecule has 0 spiro atoms. The number of amides is 1. The molecule has 33 heavy (non-hydrogen) atoms. The maximum atomic E-state index is 13.0. The van der Waals surface area contributed by atoms with Crippen molar-refractivity contribution < 1.29 is 22.7 Å². The number of fused-ring (bicyclic) bond motifs is 1. The monoisotopic (exact) mass is 492 g/mol. The first-order valence-corrected chi connectivity index (χ1v) is 11.8. The van der Waals surface area contributed by atoms with E-state index in [9.17, 15) is 18.0 Å². The summed E-state index contributed by atoms with van der Waals surface area (Å²) in [5, 5.41) is 3.40. The van der Waals surface area contributed by atoms with Gasteiger partial charge in [0.1, 0.15) is 12.3 Å². The predicted molar refractivity (Wildman–Crippen MR) is 122 cm³/mol. The van der Waals surface area contributed by atoms with Crippen LogP contribution in [0.3, 0.4) is 0 Å². The van der Waals surface area contributed by atoms with Crippen LogP contribution in [0.2, 0.25) is 5.02 Å². The van der Waals surface area contributed by atoms with Crippen molar-refractivity contribution in [2.24, 2.45) is 0 Å². The number of hydrogen-bond acceptors (Lipinski definition) is 7. The molecule has 1 aromatic heterocycles. The van der Waals surface area contributed by atoms with Gasteiger partial charge in [0, 0.05) is 18.1 Å². The smallest absolute Gasteiger partial charge is 0.261 e. The van der Waals surface area contributed by atoms with Crippen LogP contribution in [-0.4, -0.2) is 61.6 Å². The lowest BCUT2D eigenvalue weighted by Crippen LogP contribution is -2.40. The largest absolute Gasteiger partial charge is 0.495 e. The third-order valence-corrected chi connectivity index (χ3v) is 7.28. The van der Waals surface area contributed by atoms with Gasteiger partial charge in [-0.1, -0.05) is 11.6 Å². The minimum Gasteiger partial charge on any atom is -0.495 e. The van der Waals surface area contributed by atoms with Gasteiger partial charge >= 0.3 is 0 Å². The summed E-state index contributed by atoms with van der Waals surface area (Å²) >= 11 is 5.93. The van der Waals surface area contributed by atoms with Crippen molar-refractivity contribution in [3.05, 3.63) is 58.1 Å². The number of hydrogen-bond donors (Lipinski definition) is 1. The molecule has 1 fully saturated rings. The van der Waals surface area contributed by atoms with Gasteiger partial charge in [-0.25, -0.2) is 13.4 Å². The number of carbonyl (C=O) groups excluding carboxylic acids is 1. The molecule has 1 N–H and O–H groups in total. The fraction of sp³-hybridized carbons (Fsp3) is 0.286. The van der Waals surface area contributed by atoms with Gasteiger partial charge in [0.25, 0.3) is 5.56 Å². The molecule has 0 bridgehead atoms. The molecule has 4 rings (SSSR count). The number of carbonyl (C=O) groups is 1. The van der Waals surface area contributed by atoms with Gasteiger partial charge in [-0.05, 0) is 36.4 Å². The van der Waals surface area contributed by atoms with Crippen LogP contribution in [0.15, 0.2) is 52.4 Å². The molecule has 3 aromatic rings. The highest BCUT2D eigenvalue weighted by atomic mass is 35.5. The number of benzene rings is 2. The van der Waals surface area contributed by atoms with Crippen molar-refractivity contribution in [3.8, 4) is 5.75 Å². The summed E-state index contributed by atoms with van der Waals surface area (Å²) in [4.78, 5) is 29.6. The van der Waals surface area contributed by atoms with Gasteiger partial charge in [0.05, 0.1) is 48.1 Å². The average molecular weight is 493 g/mol. The Labute approximate surface area is 194 Å². The Bertz CT molecular complexity index is 1370. The lowest BCUT2D eigenvalue weighted by Gasteiger charge is -2.26. The van der Waals surface area contributed by atoms with E-state index in [1.54, 1.807) is 18.2 Å². The van der Waals surface area contributed by atoms with Crippen molar-refractivity contribution in [3.63, 3.8) is 0 Å². The number of nitrogens with one attached hydrogen (secondary N) is 1. The zero-order valence-corrected chi connectivity index (χ0v) is 19.2. The van der Waals surface area contributed by atoms with Crippen LogP contribution in [0.4, 0.5) is 5.69 Å². The summed E-state index contributed by atoms with van der Waals surface area (Å²) in [7, 11) is -2.36. The molecule has 2 heterocycles. The van der Waals surface area contributed by atoms with Crippen LogP contribution in [-0.2, 0) is 26.1 Å². The Balaban J connectivity index is 1.58. The molecule has 0 unspecified atom stereocenters. The SMILES string of the molecule is COc1ccc(S(=O)(=O)N2CCOCC2)cc1NC(=O)Cn1cnc2cc(Cl)ccc2c1=O. The third kappa shape index (κ3) is 4.86. The number of nitrogens with zero attached hydrogens (tertiary/aromatic N) is 3. The van der Waals surface area contributed by atoms with Crippen LogP contribution >= 0.6 is 11.6 Å². The number of sulfonamides is 1. The van der Waals surface area contributed by atoms with E-state index < -0.39 is 21.5 Å². The van der Waals surface area contributed by atoms with E-state index in [2.05, 4.69) is 10.3 Å². The van der Waals surface area contributed by atoms with Crippen molar-refractivity contribution in [1.82, 2.24) is 13.9 Å². The highest BCUT2D eigenvalue weighted by Gasteiger charge is 2.27. The highest BCUT2D eigenvalue weighted by molar-refractivity contribution is 7.89. The molecule has 10 nitrogen and oxygen atoms in total. The number of halogens is 1. The molecule has 0 radical (unpaired) electrons. The maximum absolute atomic E-state index is 13.0. The van der Waals surface area contributed by atoms with E-state index in [1.165, 1.54) is 35.9 Å². The van der Waals surface area contributed by atoms with Crippen LogP contribution in [0, 0.1) is 0 Å². The minimum atomic E-state index is -3.77.